The number of likely N-dealkylation sites (tertiary alicyclic amines) is 1. The highest BCUT2D eigenvalue weighted by Gasteiger charge is 2.35. The van der Waals surface area contributed by atoms with E-state index in [1.54, 1.807) is 25.7 Å². The monoisotopic (exact) mass is 380 g/mol. The number of amides is 1. The van der Waals surface area contributed by atoms with Crippen molar-refractivity contribution in [2.75, 3.05) is 19.8 Å². The minimum Gasteiger partial charge on any atom is -0.487 e. The highest BCUT2D eigenvalue weighted by atomic mass is 19.1. The van der Waals surface area contributed by atoms with E-state index in [4.69, 9.17) is 9.47 Å². The smallest absolute Gasteiger partial charge is 0.410 e. The number of nitrogens with zero attached hydrogens (tertiary/aromatic N) is 2. The standard InChI is InChI=1S/C20H26F2N2O3/c1-20(2,3)27-19(25)24-11-9-16(24)14-26-17-12-15(13-23-18(17)22)8-6-4-5-7-10-21/h12-13,16H,4-5,7,9-11,14H2,1-3H3. The Kier molecular flexibility index (Phi) is 7.40. The molecule has 27 heavy (non-hydrogen) atoms. The fourth-order valence-electron chi connectivity index (χ4n) is 2.43. The van der Waals surface area contributed by atoms with E-state index in [0.717, 1.165) is 6.42 Å². The van der Waals surface area contributed by atoms with Crippen molar-refractivity contribution < 1.29 is 23.0 Å². The SMILES string of the molecule is CC(C)(C)OC(=O)N1CCC1COc1cc(C#CCCCCF)cnc1F. The number of pyridine rings is 1. The van der Waals surface area contributed by atoms with Crippen LogP contribution in [0.5, 0.6) is 5.75 Å². The number of alkyl halides is 1. The van der Waals surface area contributed by atoms with Crippen LogP contribution in [-0.4, -0.2) is 47.4 Å². The quantitative estimate of drug-likeness (QED) is 0.424. The van der Waals surface area contributed by atoms with E-state index in [1.165, 1.54) is 12.3 Å². The Hall–Kier alpha value is -2.36. The molecule has 7 heteroatoms. The number of rotatable bonds is 6. The van der Waals surface area contributed by atoms with E-state index >= 15 is 0 Å². The van der Waals surface area contributed by atoms with Crippen LogP contribution in [0.1, 0.15) is 52.0 Å². The zero-order valence-electron chi connectivity index (χ0n) is 16.1. The van der Waals surface area contributed by atoms with Crippen LogP contribution in [0.25, 0.3) is 0 Å². The number of ether oxygens (including phenoxy) is 2. The maximum atomic E-state index is 13.9. The first-order valence-electron chi connectivity index (χ1n) is 9.13. The third-order valence-corrected chi connectivity index (χ3v) is 3.93. The van der Waals surface area contributed by atoms with Crippen molar-refractivity contribution in [2.24, 2.45) is 0 Å². The molecule has 2 heterocycles. The van der Waals surface area contributed by atoms with Crippen molar-refractivity contribution in [1.29, 1.82) is 0 Å². The summed E-state index contributed by atoms with van der Waals surface area (Å²) in [5, 5.41) is 0. The third-order valence-electron chi connectivity index (χ3n) is 3.93. The average molecular weight is 380 g/mol. The fraction of sp³-hybridized carbons (Fsp3) is 0.600. The van der Waals surface area contributed by atoms with Gasteiger partial charge in [0.15, 0.2) is 5.75 Å². The molecule has 0 aliphatic carbocycles. The van der Waals surface area contributed by atoms with Crippen LogP contribution in [0.2, 0.25) is 0 Å². The van der Waals surface area contributed by atoms with E-state index in [1.807, 2.05) is 0 Å². The first kappa shape index (κ1) is 20.9. The molecule has 1 aliphatic rings. The maximum Gasteiger partial charge on any atom is 0.410 e. The summed E-state index contributed by atoms with van der Waals surface area (Å²) in [4.78, 5) is 17.3. The van der Waals surface area contributed by atoms with Gasteiger partial charge in [0, 0.05) is 30.8 Å². The fourth-order valence-corrected chi connectivity index (χ4v) is 2.43. The van der Waals surface area contributed by atoms with Crippen LogP contribution < -0.4 is 4.74 Å². The summed E-state index contributed by atoms with van der Waals surface area (Å²) in [5.74, 6) is 5.06. The van der Waals surface area contributed by atoms with E-state index < -0.39 is 17.6 Å². The van der Waals surface area contributed by atoms with Gasteiger partial charge in [-0.05, 0) is 40.0 Å². The van der Waals surface area contributed by atoms with Crippen LogP contribution in [0.3, 0.4) is 0 Å². The first-order valence-corrected chi connectivity index (χ1v) is 9.13. The summed E-state index contributed by atoms with van der Waals surface area (Å²) in [6.45, 7) is 5.82. The molecule has 1 fully saturated rings. The van der Waals surface area contributed by atoms with Gasteiger partial charge in [0.05, 0.1) is 12.7 Å². The minimum atomic E-state index is -0.721. The first-order chi connectivity index (χ1) is 12.8. The van der Waals surface area contributed by atoms with E-state index in [-0.39, 0.29) is 25.1 Å². The molecule has 1 saturated heterocycles. The van der Waals surface area contributed by atoms with Crippen LogP contribution in [0.15, 0.2) is 12.3 Å². The van der Waals surface area contributed by atoms with E-state index in [0.29, 0.717) is 31.4 Å². The minimum absolute atomic E-state index is 0.00148. The van der Waals surface area contributed by atoms with Crippen molar-refractivity contribution >= 4 is 6.09 Å². The number of hydrogen-bond donors (Lipinski definition) is 0. The molecule has 1 unspecified atom stereocenters. The van der Waals surface area contributed by atoms with Crippen molar-refractivity contribution in [3.05, 3.63) is 23.8 Å². The number of halogens is 2. The number of carbonyl (C=O) groups is 1. The lowest BCUT2D eigenvalue weighted by Gasteiger charge is -2.40. The van der Waals surface area contributed by atoms with Gasteiger partial charge >= 0.3 is 6.09 Å². The van der Waals surface area contributed by atoms with Crippen molar-refractivity contribution in [3.63, 3.8) is 0 Å². The second-order valence-corrected chi connectivity index (χ2v) is 7.39. The summed E-state index contributed by atoms with van der Waals surface area (Å²) < 4.78 is 36.8. The van der Waals surface area contributed by atoms with Crippen LogP contribution in [0.4, 0.5) is 13.6 Å². The van der Waals surface area contributed by atoms with Crippen molar-refractivity contribution in [3.8, 4) is 17.6 Å². The van der Waals surface area contributed by atoms with Crippen molar-refractivity contribution in [2.45, 2.75) is 58.1 Å². The highest BCUT2D eigenvalue weighted by Crippen LogP contribution is 2.23. The summed E-state index contributed by atoms with van der Waals surface area (Å²) >= 11 is 0. The maximum absolute atomic E-state index is 13.9. The number of aromatic nitrogens is 1. The lowest BCUT2D eigenvalue weighted by Crippen LogP contribution is -2.55. The molecule has 0 saturated carbocycles. The van der Waals surface area contributed by atoms with Gasteiger partial charge in [-0.2, -0.15) is 4.39 Å². The number of unbranched alkanes of at least 4 members (excludes halogenated alkanes) is 2. The molecule has 148 valence electrons. The Morgan fingerprint density at radius 2 is 2.19 bits per heavy atom. The predicted octanol–water partition coefficient (Wildman–Crippen LogP) is 4.10. The summed E-state index contributed by atoms with van der Waals surface area (Å²) in [6.07, 6.45) is 3.45. The topological polar surface area (TPSA) is 51.7 Å². The summed E-state index contributed by atoms with van der Waals surface area (Å²) in [5.41, 5.74) is -0.0325. The largest absolute Gasteiger partial charge is 0.487 e. The Labute approximate surface area is 159 Å². The highest BCUT2D eigenvalue weighted by molar-refractivity contribution is 5.69. The molecule has 0 spiro atoms. The van der Waals surface area contributed by atoms with Gasteiger partial charge in [0.25, 0.3) is 5.95 Å². The van der Waals surface area contributed by atoms with Gasteiger partial charge in [-0.3, -0.25) is 4.39 Å². The predicted molar refractivity (Wildman–Crippen MR) is 97.7 cm³/mol. The van der Waals surface area contributed by atoms with Gasteiger partial charge in [0.1, 0.15) is 12.2 Å². The average Bonchev–Trinajstić information content (AvgIpc) is 2.54. The Morgan fingerprint density at radius 3 is 2.81 bits per heavy atom. The van der Waals surface area contributed by atoms with Gasteiger partial charge in [-0.15, -0.1) is 0 Å². The third kappa shape index (κ3) is 6.70. The molecule has 1 aromatic heterocycles. The summed E-state index contributed by atoms with van der Waals surface area (Å²) in [6, 6.07) is 1.33. The number of hydrogen-bond acceptors (Lipinski definition) is 4. The van der Waals surface area contributed by atoms with E-state index in [9.17, 15) is 13.6 Å². The lowest BCUT2D eigenvalue weighted by molar-refractivity contribution is -0.0144. The Morgan fingerprint density at radius 1 is 1.41 bits per heavy atom. The lowest BCUT2D eigenvalue weighted by atomic mass is 10.1. The zero-order chi connectivity index (χ0) is 19.9. The molecule has 0 bridgehead atoms. The van der Waals surface area contributed by atoms with Crippen LogP contribution in [-0.2, 0) is 4.74 Å². The molecule has 2 rings (SSSR count). The molecular weight excluding hydrogens is 354 g/mol. The van der Waals surface area contributed by atoms with Gasteiger partial charge in [0.2, 0.25) is 0 Å². The van der Waals surface area contributed by atoms with Gasteiger partial charge in [-0.1, -0.05) is 11.8 Å². The zero-order valence-corrected chi connectivity index (χ0v) is 16.1. The van der Waals surface area contributed by atoms with Gasteiger partial charge < -0.3 is 14.4 Å². The normalized spacial score (nSPS) is 16.2. The Bertz CT molecular complexity index is 707. The molecule has 1 atom stereocenters. The molecule has 0 radical (unpaired) electrons. The molecule has 0 N–H and O–H groups in total. The van der Waals surface area contributed by atoms with Gasteiger partial charge in [-0.25, -0.2) is 9.78 Å². The Balaban J connectivity index is 1.90. The van der Waals surface area contributed by atoms with Crippen LogP contribution in [0, 0.1) is 17.8 Å². The second kappa shape index (κ2) is 9.54. The van der Waals surface area contributed by atoms with E-state index in [2.05, 4.69) is 16.8 Å². The van der Waals surface area contributed by atoms with Crippen LogP contribution >= 0.6 is 0 Å². The molecule has 1 aromatic rings. The molecular formula is C20H26F2N2O3. The van der Waals surface area contributed by atoms with Crippen molar-refractivity contribution in [1.82, 2.24) is 9.88 Å². The molecule has 0 aromatic carbocycles. The summed E-state index contributed by atoms with van der Waals surface area (Å²) in [7, 11) is 0. The molecule has 5 nitrogen and oxygen atoms in total. The molecule has 1 amide bonds. The number of carbonyl (C=O) groups excluding carboxylic acids is 1. The molecule has 1 aliphatic heterocycles. The second-order valence-electron chi connectivity index (χ2n) is 7.39.